The zero-order valence-corrected chi connectivity index (χ0v) is 7.47. The highest BCUT2D eigenvalue weighted by Crippen LogP contribution is 2.22. The Hall–Kier alpha value is -0.420. The molecule has 0 bridgehead atoms. The maximum atomic E-state index is 5.20. The predicted molar refractivity (Wildman–Crippen MR) is 42.0 cm³/mol. The third kappa shape index (κ3) is 1.44. The zero-order chi connectivity index (χ0) is 7.68. The van der Waals surface area contributed by atoms with Crippen LogP contribution >= 0.6 is 15.9 Å². The molecule has 5 heteroatoms. The Morgan fingerprint density at radius 2 is 2.45 bits per heavy atom. The van der Waals surface area contributed by atoms with Gasteiger partial charge >= 0.3 is 0 Å². The van der Waals surface area contributed by atoms with Crippen molar-refractivity contribution in [1.29, 1.82) is 0 Å². The van der Waals surface area contributed by atoms with Gasteiger partial charge in [0.1, 0.15) is 0 Å². The summed E-state index contributed by atoms with van der Waals surface area (Å²) in [4.78, 5) is 0.459. The fourth-order valence-corrected chi connectivity index (χ4v) is 1.50. The van der Waals surface area contributed by atoms with Crippen LogP contribution in [0.5, 0.6) is 0 Å². The lowest BCUT2D eigenvalue weighted by molar-refractivity contribution is 0.415. The molecule has 1 aromatic rings. The monoisotopic (exact) mass is 217 g/mol. The number of hydrogen-bond donors (Lipinski definition) is 1. The van der Waals surface area contributed by atoms with E-state index in [1.807, 2.05) is 0 Å². The lowest BCUT2D eigenvalue weighted by Gasteiger charge is -2.01. The van der Waals surface area contributed by atoms with E-state index in [-0.39, 0.29) is 6.04 Å². The summed E-state index contributed by atoms with van der Waals surface area (Å²) in [5.41, 5.74) is 0. The van der Waals surface area contributed by atoms with Crippen LogP contribution in [0.3, 0.4) is 0 Å². The topological polar surface area (TPSA) is 51.0 Å². The van der Waals surface area contributed by atoms with E-state index in [0.717, 1.165) is 13.0 Å². The maximum Gasteiger partial charge on any atom is 0.284 e. The molecule has 2 rings (SSSR count). The molecule has 2 heterocycles. The van der Waals surface area contributed by atoms with Gasteiger partial charge in [0.05, 0.1) is 6.04 Å². The number of rotatable bonds is 1. The maximum absolute atomic E-state index is 5.20. The van der Waals surface area contributed by atoms with E-state index in [0.29, 0.717) is 10.7 Å². The lowest BCUT2D eigenvalue weighted by Crippen LogP contribution is -2.12. The molecule has 0 aromatic carbocycles. The molecule has 1 saturated heterocycles. The summed E-state index contributed by atoms with van der Waals surface area (Å²) in [6.07, 6.45) is 2.28. The van der Waals surface area contributed by atoms with E-state index in [2.05, 4.69) is 31.4 Å². The second kappa shape index (κ2) is 2.91. The van der Waals surface area contributed by atoms with Gasteiger partial charge in [0.2, 0.25) is 5.89 Å². The van der Waals surface area contributed by atoms with Crippen molar-refractivity contribution in [3.63, 3.8) is 0 Å². The summed E-state index contributed by atoms with van der Waals surface area (Å²) in [5.74, 6) is 0.689. The van der Waals surface area contributed by atoms with Crippen molar-refractivity contribution in [1.82, 2.24) is 15.5 Å². The highest BCUT2D eigenvalue weighted by atomic mass is 79.9. The van der Waals surface area contributed by atoms with Gasteiger partial charge in [-0.1, -0.05) is 0 Å². The van der Waals surface area contributed by atoms with Crippen molar-refractivity contribution < 1.29 is 4.42 Å². The van der Waals surface area contributed by atoms with Crippen molar-refractivity contribution in [2.45, 2.75) is 18.9 Å². The average Bonchev–Trinajstić information content (AvgIpc) is 2.55. The number of nitrogens with one attached hydrogen (secondary N) is 1. The first-order chi connectivity index (χ1) is 5.36. The van der Waals surface area contributed by atoms with Crippen LogP contribution in [0.25, 0.3) is 0 Å². The van der Waals surface area contributed by atoms with Crippen LogP contribution in [0.2, 0.25) is 0 Å². The molecule has 60 valence electrons. The highest BCUT2D eigenvalue weighted by Gasteiger charge is 2.21. The average molecular weight is 218 g/mol. The van der Waals surface area contributed by atoms with Crippen LogP contribution < -0.4 is 5.32 Å². The molecule has 1 N–H and O–H groups in total. The number of nitrogens with zero attached hydrogens (tertiary/aromatic N) is 2. The largest absolute Gasteiger partial charge is 0.414 e. The Bertz CT molecular complexity index is 244. The van der Waals surface area contributed by atoms with E-state index in [9.17, 15) is 0 Å². The normalized spacial score (nSPS) is 24.3. The molecule has 1 aromatic heterocycles. The molecule has 1 aliphatic rings. The molecule has 0 saturated carbocycles. The van der Waals surface area contributed by atoms with Crippen molar-refractivity contribution in [3.05, 3.63) is 10.7 Å². The molecular formula is C6H8BrN3O. The summed E-state index contributed by atoms with van der Waals surface area (Å²) < 4.78 is 5.20. The van der Waals surface area contributed by atoms with E-state index in [4.69, 9.17) is 4.42 Å². The molecule has 0 radical (unpaired) electrons. The molecule has 4 nitrogen and oxygen atoms in total. The van der Waals surface area contributed by atoms with Gasteiger partial charge in [-0.25, -0.2) is 0 Å². The first-order valence-corrected chi connectivity index (χ1v) is 4.38. The Labute approximate surface area is 72.5 Å². The Morgan fingerprint density at radius 1 is 1.55 bits per heavy atom. The minimum absolute atomic E-state index is 0.272. The second-order valence-electron chi connectivity index (χ2n) is 2.54. The van der Waals surface area contributed by atoms with E-state index < -0.39 is 0 Å². The number of aromatic nitrogens is 2. The van der Waals surface area contributed by atoms with Crippen LogP contribution in [0.15, 0.2) is 9.22 Å². The van der Waals surface area contributed by atoms with Crippen molar-refractivity contribution >= 4 is 15.9 Å². The quantitative estimate of drug-likeness (QED) is 0.770. The summed E-state index contributed by atoms with van der Waals surface area (Å²) in [6, 6.07) is 0.272. The standard InChI is InChI=1S/C6H8BrN3O/c7-6-10-9-5(11-6)4-2-1-3-8-4/h4,8H,1-3H2/t4-/m0/s1. The van der Waals surface area contributed by atoms with Crippen LogP contribution in [-0.2, 0) is 0 Å². The van der Waals surface area contributed by atoms with Crippen LogP contribution in [0.4, 0.5) is 0 Å². The zero-order valence-electron chi connectivity index (χ0n) is 5.88. The molecule has 0 amide bonds. The number of halogens is 1. The first kappa shape index (κ1) is 7.24. The lowest BCUT2D eigenvalue weighted by atomic mass is 10.2. The van der Waals surface area contributed by atoms with E-state index in [1.54, 1.807) is 0 Å². The van der Waals surface area contributed by atoms with Crippen LogP contribution in [0.1, 0.15) is 24.8 Å². The Kier molecular flexibility index (Phi) is 1.91. The van der Waals surface area contributed by atoms with Crippen molar-refractivity contribution in [2.75, 3.05) is 6.54 Å². The summed E-state index contributed by atoms with van der Waals surface area (Å²) in [6.45, 7) is 1.05. The summed E-state index contributed by atoms with van der Waals surface area (Å²) in [7, 11) is 0. The molecule has 11 heavy (non-hydrogen) atoms. The van der Waals surface area contributed by atoms with Gasteiger partial charge in [-0.3, -0.25) is 0 Å². The minimum atomic E-state index is 0.272. The van der Waals surface area contributed by atoms with Gasteiger partial charge in [0, 0.05) is 15.9 Å². The van der Waals surface area contributed by atoms with Gasteiger partial charge in [0.25, 0.3) is 4.80 Å². The van der Waals surface area contributed by atoms with Gasteiger partial charge in [0.15, 0.2) is 0 Å². The fourth-order valence-electron chi connectivity index (χ4n) is 1.25. The first-order valence-electron chi connectivity index (χ1n) is 3.58. The van der Waals surface area contributed by atoms with Crippen molar-refractivity contribution in [2.24, 2.45) is 0 Å². The molecule has 0 aliphatic carbocycles. The van der Waals surface area contributed by atoms with Gasteiger partial charge in [-0.2, -0.15) is 0 Å². The fraction of sp³-hybridized carbons (Fsp3) is 0.667. The van der Waals surface area contributed by atoms with Crippen molar-refractivity contribution in [3.8, 4) is 0 Å². The van der Waals surface area contributed by atoms with Gasteiger partial charge in [-0.15, -0.1) is 10.2 Å². The molecule has 0 spiro atoms. The van der Waals surface area contributed by atoms with Gasteiger partial charge < -0.3 is 9.73 Å². The molecular weight excluding hydrogens is 210 g/mol. The Balaban J connectivity index is 2.15. The van der Waals surface area contributed by atoms with Crippen LogP contribution in [-0.4, -0.2) is 16.7 Å². The van der Waals surface area contributed by atoms with E-state index >= 15 is 0 Å². The molecule has 1 atom stereocenters. The predicted octanol–water partition coefficient (Wildman–Crippen LogP) is 1.26. The molecule has 1 aliphatic heterocycles. The highest BCUT2D eigenvalue weighted by molar-refractivity contribution is 9.10. The Morgan fingerprint density at radius 3 is 3.00 bits per heavy atom. The van der Waals surface area contributed by atoms with Crippen LogP contribution in [0, 0.1) is 0 Å². The third-order valence-electron chi connectivity index (χ3n) is 1.77. The molecule has 1 fully saturated rings. The second-order valence-corrected chi connectivity index (χ2v) is 3.22. The molecule has 0 unspecified atom stereocenters. The van der Waals surface area contributed by atoms with E-state index in [1.165, 1.54) is 6.42 Å². The smallest absolute Gasteiger partial charge is 0.284 e. The minimum Gasteiger partial charge on any atom is -0.414 e. The third-order valence-corrected chi connectivity index (χ3v) is 2.09. The number of hydrogen-bond acceptors (Lipinski definition) is 4. The SMILES string of the molecule is Brc1nnc([C@@H]2CCCN2)o1. The summed E-state index contributed by atoms with van der Waals surface area (Å²) in [5, 5.41) is 10.9. The van der Waals surface area contributed by atoms with Gasteiger partial charge in [-0.05, 0) is 19.4 Å². The summed E-state index contributed by atoms with van der Waals surface area (Å²) >= 11 is 3.11.